The van der Waals surface area contributed by atoms with E-state index in [1.807, 2.05) is 13.8 Å². The van der Waals surface area contributed by atoms with Crippen molar-refractivity contribution in [1.29, 1.82) is 0 Å². The van der Waals surface area contributed by atoms with E-state index in [9.17, 15) is 10.1 Å². The summed E-state index contributed by atoms with van der Waals surface area (Å²) >= 11 is 0. The lowest BCUT2D eigenvalue weighted by Gasteiger charge is -2.08. The number of aromatic nitrogens is 1. The van der Waals surface area contributed by atoms with Crippen molar-refractivity contribution < 1.29 is 4.92 Å². The Hall–Kier alpha value is -1.85. The van der Waals surface area contributed by atoms with Gasteiger partial charge in [0.1, 0.15) is 11.6 Å². The highest BCUT2D eigenvalue weighted by Crippen LogP contribution is 2.18. The van der Waals surface area contributed by atoms with E-state index in [1.54, 1.807) is 0 Å². The highest BCUT2D eigenvalue weighted by Gasteiger charge is 2.09. The smallest absolute Gasteiger partial charge is 0.276 e. The van der Waals surface area contributed by atoms with Gasteiger partial charge in [-0.25, -0.2) is 4.98 Å². The van der Waals surface area contributed by atoms with Crippen LogP contribution in [0.25, 0.3) is 0 Å². The predicted molar refractivity (Wildman–Crippen MR) is 58.6 cm³/mol. The molecule has 0 aromatic carbocycles. The molecule has 1 aromatic heterocycles. The Balaban J connectivity index is 2.84. The fraction of sp³-hybridized carbons (Fsp3) is 0.444. The zero-order chi connectivity index (χ0) is 11.4. The molecule has 0 unspecified atom stereocenters. The minimum Gasteiger partial charge on any atom is -0.383 e. The molecule has 6 heteroatoms. The maximum atomic E-state index is 10.5. The highest BCUT2D eigenvalue weighted by molar-refractivity contribution is 5.52. The van der Waals surface area contributed by atoms with E-state index in [0.717, 1.165) is 0 Å². The number of hydrogen-bond donors (Lipinski definition) is 2. The Morgan fingerprint density at radius 2 is 2.27 bits per heavy atom. The third-order valence-corrected chi connectivity index (χ3v) is 1.73. The predicted octanol–water partition coefficient (Wildman–Crippen LogP) is 1.64. The Morgan fingerprint density at radius 1 is 1.60 bits per heavy atom. The summed E-state index contributed by atoms with van der Waals surface area (Å²) in [4.78, 5) is 14.0. The zero-order valence-electron chi connectivity index (χ0n) is 8.73. The molecule has 15 heavy (non-hydrogen) atoms. The van der Waals surface area contributed by atoms with Gasteiger partial charge in [-0.05, 0) is 5.92 Å². The molecule has 82 valence electrons. The van der Waals surface area contributed by atoms with Gasteiger partial charge in [-0.1, -0.05) is 13.8 Å². The molecule has 0 aliphatic carbocycles. The number of nitrogen functional groups attached to an aromatic ring is 1. The number of nitrogens with two attached hydrogens (primary N) is 1. The molecule has 0 atom stereocenters. The number of rotatable bonds is 4. The third kappa shape index (κ3) is 3.41. The monoisotopic (exact) mass is 210 g/mol. The van der Waals surface area contributed by atoms with E-state index in [4.69, 9.17) is 5.73 Å². The van der Waals surface area contributed by atoms with E-state index in [-0.39, 0.29) is 11.5 Å². The average Bonchev–Trinajstić information content (AvgIpc) is 2.13. The Labute approximate surface area is 87.7 Å². The number of nitrogens with zero attached hydrogens (tertiary/aromatic N) is 2. The van der Waals surface area contributed by atoms with Crippen LogP contribution >= 0.6 is 0 Å². The van der Waals surface area contributed by atoms with Gasteiger partial charge >= 0.3 is 0 Å². The third-order valence-electron chi connectivity index (χ3n) is 1.73. The molecular weight excluding hydrogens is 196 g/mol. The summed E-state index contributed by atoms with van der Waals surface area (Å²) in [5.74, 6) is 1.03. The summed E-state index contributed by atoms with van der Waals surface area (Å²) in [6, 6.07) is 2.61. The topological polar surface area (TPSA) is 94.1 Å². The first-order valence-electron chi connectivity index (χ1n) is 4.65. The molecule has 0 aliphatic rings. The lowest BCUT2D eigenvalue weighted by molar-refractivity contribution is -0.384. The van der Waals surface area contributed by atoms with Crippen LogP contribution in [-0.2, 0) is 0 Å². The van der Waals surface area contributed by atoms with Gasteiger partial charge in [-0.2, -0.15) is 0 Å². The maximum Gasteiger partial charge on any atom is 0.276 e. The fourth-order valence-corrected chi connectivity index (χ4v) is 1.04. The summed E-state index contributed by atoms with van der Waals surface area (Å²) < 4.78 is 0. The van der Waals surface area contributed by atoms with Crippen molar-refractivity contribution in [2.75, 3.05) is 17.6 Å². The molecule has 6 nitrogen and oxygen atoms in total. The van der Waals surface area contributed by atoms with Crippen molar-refractivity contribution >= 4 is 17.3 Å². The van der Waals surface area contributed by atoms with Crippen LogP contribution in [-0.4, -0.2) is 16.5 Å². The van der Waals surface area contributed by atoms with Crippen molar-refractivity contribution in [3.8, 4) is 0 Å². The summed E-state index contributed by atoms with van der Waals surface area (Å²) in [5, 5.41) is 13.5. The number of hydrogen-bond acceptors (Lipinski definition) is 5. The Bertz CT molecular complexity index is 365. The lowest BCUT2D eigenvalue weighted by Crippen LogP contribution is -2.10. The second kappa shape index (κ2) is 4.59. The molecule has 0 aliphatic heterocycles. The fourth-order valence-electron chi connectivity index (χ4n) is 1.04. The molecule has 0 spiro atoms. The van der Waals surface area contributed by atoms with Crippen molar-refractivity contribution in [2.24, 2.45) is 5.92 Å². The number of anilines is 2. The first kappa shape index (κ1) is 11.2. The van der Waals surface area contributed by atoms with E-state index in [0.29, 0.717) is 18.3 Å². The van der Waals surface area contributed by atoms with E-state index in [1.165, 1.54) is 12.1 Å². The van der Waals surface area contributed by atoms with Gasteiger partial charge in [0.2, 0.25) is 0 Å². The van der Waals surface area contributed by atoms with Crippen molar-refractivity contribution in [1.82, 2.24) is 4.98 Å². The number of nitro groups is 1. The molecule has 3 N–H and O–H groups in total. The molecule has 0 saturated heterocycles. The highest BCUT2D eigenvalue weighted by atomic mass is 16.6. The van der Waals surface area contributed by atoms with E-state index >= 15 is 0 Å². The van der Waals surface area contributed by atoms with Crippen LogP contribution in [0, 0.1) is 16.0 Å². The Morgan fingerprint density at radius 3 is 2.80 bits per heavy atom. The second-order valence-corrected chi connectivity index (χ2v) is 3.67. The molecular formula is C9H14N4O2. The molecule has 0 saturated carbocycles. The quantitative estimate of drug-likeness (QED) is 0.582. The number of pyridine rings is 1. The van der Waals surface area contributed by atoms with Gasteiger partial charge in [0.25, 0.3) is 5.69 Å². The lowest BCUT2D eigenvalue weighted by atomic mass is 10.2. The summed E-state index contributed by atoms with van der Waals surface area (Å²) in [6.45, 7) is 4.77. The largest absolute Gasteiger partial charge is 0.383 e. The van der Waals surface area contributed by atoms with Crippen LogP contribution in [0.4, 0.5) is 17.3 Å². The van der Waals surface area contributed by atoms with Gasteiger partial charge in [-0.3, -0.25) is 10.1 Å². The maximum absolute atomic E-state index is 10.5. The van der Waals surface area contributed by atoms with Crippen LogP contribution in [0.2, 0.25) is 0 Å². The summed E-state index contributed by atoms with van der Waals surface area (Å²) in [5.41, 5.74) is 5.40. The summed E-state index contributed by atoms with van der Waals surface area (Å²) in [7, 11) is 0. The van der Waals surface area contributed by atoms with Crippen molar-refractivity contribution in [2.45, 2.75) is 13.8 Å². The molecule has 0 radical (unpaired) electrons. The molecule has 0 amide bonds. The van der Waals surface area contributed by atoms with Crippen molar-refractivity contribution in [3.63, 3.8) is 0 Å². The van der Waals surface area contributed by atoms with Crippen LogP contribution in [0.3, 0.4) is 0 Å². The van der Waals surface area contributed by atoms with Crippen LogP contribution in [0.5, 0.6) is 0 Å². The van der Waals surface area contributed by atoms with Gasteiger partial charge < -0.3 is 11.1 Å². The molecule has 0 bridgehead atoms. The standard InChI is InChI=1S/C9H14N4O2/c1-6(2)5-11-9-4-7(13(14)15)3-8(10)12-9/h3-4,6H,5H2,1-2H3,(H3,10,11,12). The van der Waals surface area contributed by atoms with Gasteiger partial charge in [0.05, 0.1) is 17.1 Å². The first-order chi connectivity index (χ1) is 6.99. The average molecular weight is 210 g/mol. The minimum atomic E-state index is -0.488. The molecule has 1 rings (SSSR count). The SMILES string of the molecule is CC(C)CNc1cc([N+](=O)[O-])cc(N)n1. The normalized spacial score (nSPS) is 10.3. The van der Waals surface area contributed by atoms with Crippen LogP contribution in [0.15, 0.2) is 12.1 Å². The van der Waals surface area contributed by atoms with Gasteiger partial charge in [0, 0.05) is 6.54 Å². The molecule has 1 aromatic rings. The van der Waals surface area contributed by atoms with Crippen LogP contribution in [0.1, 0.15) is 13.8 Å². The van der Waals surface area contributed by atoms with Gasteiger partial charge in [0.15, 0.2) is 0 Å². The molecule has 1 heterocycles. The van der Waals surface area contributed by atoms with E-state index < -0.39 is 4.92 Å². The van der Waals surface area contributed by atoms with Crippen LogP contribution < -0.4 is 11.1 Å². The van der Waals surface area contributed by atoms with E-state index in [2.05, 4.69) is 10.3 Å². The van der Waals surface area contributed by atoms with Gasteiger partial charge in [-0.15, -0.1) is 0 Å². The molecule has 0 fully saturated rings. The summed E-state index contributed by atoms with van der Waals surface area (Å²) in [6.07, 6.45) is 0. The zero-order valence-corrected chi connectivity index (χ0v) is 8.73. The second-order valence-electron chi connectivity index (χ2n) is 3.67. The number of nitrogens with one attached hydrogen (secondary N) is 1. The Kier molecular flexibility index (Phi) is 3.43. The van der Waals surface area contributed by atoms with Crippen molar-refractivity contribution in [3.05, 3.63) is 22.2 Å². The first-order valence-corrected chi connectivity index (χ1v) is 4.65. The minimum absolute atomic E-state index is 0.0474.